The first-order valence-electron chi connectivity index (χ1n) is 7.09. The highest BCUT2D eigenvalue weighted by molar-refractivity contribution is 5.81. The molecular formula is C14H23NO5. The van der Waals surface area contributed by atoms with Crippen molar-refractivity contribution in [2.75, 3.05) is 13.7 Å². The molecule has 114 valence electrons. The normalized spacial score (nSPS) is 21.9. The maximum Gasteiger partial charge on any atom is 0.308 e. The SMILES string of the molecule is CCOC(=O)CCC(=O)NC1CCC(C(=O)OC)CC1. The number of methoxy groups -OCH3 is 1. The van der Waals surface area contributed by atoms with Crippen LogP contribution in [-0.2, 0) is 23.9 Å². The fourth-order valence-corrected chi connectivity index (χ4v) is 2.39. The molecule has 1 amide bonds. The molecule has 0 unspecified atom stereocenters. The van der Waals surface area contributed by atoms with Crippen LogP contribution in [0.15, 0.2) is 0 Å². The fourth-order valence-electron chi connectivity index (χ4n) is 2.39. The van der Waals surface area contributed by atoms with Crippen LogP contribution in [0.2, 0.25) is 0 Å². The summed E-state index contributed by atoms with van der Waals surface area (Å²) in [5, 5.41) is 2.89. The molecule has 1 aliphatic rings. The third kappa shape index (κ3) is 5.59. The molecule has 0 aromatic rings. The van der Waals surface area contributed by atoms with Crippen LogP contribution in [0.4, 0.5) is 0 Å². The highest BCUT2D eigenvalue weighted by Gasteiger charge is 2.27. The molecule has 0 spiro atoms. The number of amides is 1. The van der Waals surface area contributed by atoms with Gasteiger partial charge in [0, 0.05) is 12.5 Å². The Morgan fingerprint density at radius 2 is 1.75 bits per heavy atom. The molecule has 0 radical (unpaired) electrons. The summed E-state index contributed by atoms with van der Waals surface area (Å²) in [5.41, 5.74) is 0. The van der Waals surface area contributed by atoms with Gasteiger partial charge < -0.3 is 14.8 Å². The Kier molecular flexibility index (Phi) is 7.04. The van der Waals surface area contributed by atoms with Crippen molar-refractivity contribution in [1.82, 2.24) is 5.32 Å². The summed E-state index contributed by atoms with van der Waals surface area (Å²) >= 11 is 0. The maximum atomic E-state index is 11.7. The third-order valence-corrected chi connectivity index (χ3v) is 3.49. The Hall–Kier alpha value is -1.59. The van der Waals surface area contributed by atoms with Crippen LogP contribution in [0, 0.1) is 5.92 Å². The molecule has 1 N–H and O–H groups in total. The van der Waals surface area contributed by atoms with Gasteiger partial charge in [0.25, 0.3) is 0 Å². The van der Waals surface area contributed by atoms with Gasteiger partial charge in [0.2, 0.25) is 5.91 Å². The molecule has 1 saturated carbocycles. The first-order chi connectivity index (χ1) is 9.56. The van der Waals surface area contributed by atoms with E-state index in [-0.39, 0.29) is 42.6 Å². The lowest BCUT2D eigenvalue weighted by molar-refractivity contribution is -0.147. The summed E-state index contributed by atoms with van der Waals surface area (Å²) in [6.07, 6.45) is 3.26. The zero-order valence-electron chi connectivity index (χ0n) is 12.1. The fraction of sp³-hybridized carbons (Fsp3) is 0.786. The van der Waals surface area contributed by atoms with Crippen LogP contribution in [0.3, 0.4) is 0 Å². The van der Waals surface area contributed by atoms with E-state index in [0.29, 0.717) is 6.61 Å². The highest BCUT2D eigenvalue weighted by Crippen LogP contribution is 2.25. The lowest BCUT2D eigenvalue weighted by Gasteiger charge is -2.27. The van der Waals surface area contributed by atoms with E-state index in [1.165, 1.54) is 7.11 Å². The average molecular weight is 285 g/mol. The zero-order chi connectivity index (χ0) is 15.0. The van der Waals surface area contributed by atoms with E-state index in [1.54, 1.807) is 6.92 Å². The summed E-state index contributed by atoms with van der Waals surface area (Å²) in [6, 6.07) is 0.0885. The van der Waals surface area contributed by atoms with E-state index in [2.05, 4.69) is 5.32 Å². The molecule has 0 heterocycles. The lowest BCUT2D eigenvalue weighted by Crippen LogP contribution is -2.39. The molecule has 0 saturated heterocycles. The standard InChI is InChI=1S/C14H23NO5/c1-3-20-13(17)9-8-12(16)15-11-6-4-10(5-7-11)14(18)19-2/h10-11H,3-9H2,1-2H3,(H,15,16). The van der Waals surface area contributed by atoms with Gasteiger partial charge in [-0.15, -0.1) is 0 Å². The van der Waals surface area contributed by atoms with Crippen LogP contribution in [0.25, 0.3) is 0 Å². The predicted molar refractivity (Wildman–Crippen MR) is 71.8 cm³/mol. The van der Waals surface area contributed by atoms with Crippen molar-refractivity contribution < 1.29 is 23.9 Å². The van der Waals surface area contributed by atoms with Gasteiger partial charge in [0.05, 0.1) is 26.1 Å². The zero-order valence-corrected chi connectivity index (χ0v) is 12.1. The van der Waals surface area contributed by atoms with E-state index in [0.717, 1.165) is 25.7 Å². The van der Waals surface area contributed by atoms with E-state index >= 15 is 0 Å². The van der Waals surface area contributed by atoms with Crippen LogP contribution in [0.5, 0.6) is 0 Å². The summed E-state index contributed by atoms with van der Waals surface area (Å²) < 4.78 is 9.48. The number of nitrogens with one attached hydrogen (secondary N) is 1. The smallest absolute Gasteiger partial charge is 0.308 e. The number of hydrogen-bond acceptors (Lipinski definition) is 5. The second kappa shape index (κ2) is 8.55. The number of carbonyl (C=O) groups is 3. The van der Waals surface area contributed by atoms with Crippen LogP contribution in [-0.4, -0.2) is 37.6 Å². The second-order valence-electron chi connectivity index (χ2n) is 4.94. The maximum absolute atomic E-state index is 11.7. The third-order valence-electron chi connectivity index (χ3n) is 3.49. The van der Waals surface area contributed by atoms with E-state index in [4.69, 9.17) is 9.47 Å². The van der Waals surface area contributed by atoms with Crippen LogP contribution in [0.1, 0.15) is 45.4 Å². The molecule has 20 heavy (non-hydrogen) atoms. The minimum atomic E-state index is -0.350. The van der Waals surface area contributed by atoms with E-state index in [1.807, 2.05) is 0 Å². The molecule has 0 aliphatic heterocycles. The largest absolute Gasteiger partial charge is 0.469 e. The van der Waals surface area contributed by atoms with Gasteiger partial charge in [-0.2, -0.15) is 0 Å². The minimum Gasteiger partial charge on any atom is -0.469 e. The Morgan fingerprint density at radius 3 is 2.30 bits per heavy atom. The van der Waals surface area contributed by atoms with Gasteiger partial charge in [-0.25, -0.2) is 0 Å². The van der Waals surface area contributed by atoms with E-state index in [9.17, 15) is 14.4 Å². The molecule has 0 atom stereocenters. The number of rotatable bonds is 6. The van der Waals surface area contributed by atoms with Gasteiger partial charge in [0.15, 0.2) is 0 Å². The monoisotopic (exact) mass is 285 g/mol. The molecule has 1 fully saturated rings. The summed E-state index contributed by atoms with van der Waals surface area (Å²) in [4.78, 5) is 34.2. The highest BCUT2D eigenvalue weighted by atomic mass is 16.5. The molecule has 0 aromatic carbocycles. The van der Waals surface area contributed by atoms with Crippen molar-refractivity contribution in [3.8, 4) is 0 Å². The Morgan fingerprint density at radius 1 is 1.10 bits per heavy atom. The van der Waals surface area contributed by atoms with Gasteiger partial charge in [-0.1, -0.05) is 0 Å². The summed E-state index contributed by atoms with van der Waals surface area (Å²) in [7, 11) is 1.39. The molecule has 1 aliphatic carbocycles. The predicted octanol–water partition coefficient (Wildman–Crippen LogP) is 1.18. The quantitative estimate of drug-likeness (QED) is 0.741. The Balaban J connectivity index is 2.21. The van der Waals surface area contributed by atoms with Crippen molar-refractivity contribution in [3.63, 3.8) is 0 Å². The summed E-state index contributed by atoms with van der Waals surface area (Å²) in [6.45, 7) is 2.07. The van der Waals surface area contributed by atoms with Crippen molar-refractivity contribution in [1.29, 1.82) is 0 Å². The second-order valence-corrected chi connectivity index (χ2v) is 4.94. The lowest BCUT2D eigenvalue weighted by atomic mass is 9.86. The van der Waals surface area contributed by atoms with Gasteiger partial charge in [-0.05, 0) is 32.6 Å². The van der Waals surface area contributed by atoms with Crippen molar-refractivity contribution >= 4 is 17.8 Å². The van der Waals surface area contributed by atoms with Crippen molar-refractivity contribution in [2.24, 2.45) is 5.92 Å². The van der Waals surface area contributed by atoms with E-state index < -0.39 is 0 Å². The van der Waals surface area contributed by atoms with Crippen molar-refractivity contribution in [2.45, 2.75) is 51.5 Å². The number of ether oxygens (including phenoxy) is 2. The van der Waals surface area contributed by atoms with Crippen LogP contribution >= 0.6 is 0 Å². The molecule has 6 heteroatoms. The number of hydrogen-bond donors (Lipinski definition) is 1. The van der Waals surface area contributed by atoms with Crippen molar-refractivity contribution in [3.05, 3.63) is 0 Å². The average Bonchev–Trinajstić information content (AvgIpc) is 2.45. The molecule has 6 nitrogen and oxygen atoms in total. The Labute approximate surface area is 119 Å². The van der Waals surface area contributed by atoms with Gasteiger partial charge >= 0.3 is 11.9 Å². The molecular weight excluding hydrogens is 262 g/mol. The van der Waals surface area contributed by atoms with Crippen LogP contribution < -0.4 is 5.32 Å². The van der Waals surface area contributed by atoms with Gasteiger partial charge in [0.1, 0.15) is 0 Å². The first-order valence-corrected chi connectivity index (χ1v) is 7.09. The molecule has 0 aromatic heterocycles. The minimum absolute atomic E-state index is 0.0484. The molecule has 0 bridgehead atoms. The van der Waals surface area contributed by atoms with Gasteiger partial charge in [-0.3, -0.25) is 14.4 Å². The Bertz CT molecular complexity index is 347. The topological polar surface area (TPSA) is 81.7 Å². The number of esters is 2. The molecule has 1 rings (SSSR count). The first kappa shape index (κ1) is 16.5. The number of carbonyl (C=O) groups excluding carboxylic acids is 3. The summed E-state index contributed by atoms with van der Waals surface area (Å²) in [5.74, 6) is -0.707.